The van der Waals surface area contributed by atoms with Gasteiger partial charge in [0.25, 0.3) is 0 Å². The Labute approximate surface area is 121 Å². The molecule has 0 aliphatic rings. The zero-order valence-electron chi connectivity index (χ0n) is 11.8. The number of aryl methyl sites for hydroxylation is 2. The summed E-state index contributed by atoms with van der Waals surface area (Å²) in [5, 5.41) is 9.96. The second-order valence-corrected chi connectivity index (χ2v) is 7.94. The molecule has 0 unspecified atom stereocenters. The van der Waals surface area contributed by atoms with Crippen LogP contribution in [0.3, 0.4) is 0 Å². The van der Waals surface area contributed by atoms with Crippen LogP contribution in [0.25, 0.3) is 0 Å². The third kappa shape index (κ3) is 5.59. The third-order valence-corrected chi connectivity index (χ3v) is 6.02. The number of rotatable bonds is 8. The molecule has 0 saturated carbocycles. The number of pyridine rings is 1. The Morgan fingerprint density at radius 2 is 1.78 bits per heavy atom. The predicted molar refractivity (Wildman–Crippen MR) is 78.9 cm³/mol. The van der Waals surface area contributed by atoms with Crippen molar-refractivity contribution in [3.63, 3.8) is 0 Å². The van der Waals surface area contributed by atoms with E-state index in [1.54, 1.807) is 0 Å². The minimum absolute atomic E-state index is 0.301. The van der Waals surface area contributed by atoms with Gasteiger partial charge in [-0.1, -0.05) is 0 Å². The molecule has 1 aromatic heterocycles. The van der Waals surface area contributed by atoms with Crippen LogP contribution in [0.1, 0.15) is 56.7 Å². The molecule has 0 amide bonds. The molecular weight excluding hydrogens is 338 g/mol. The van der Waals surface area contributed by atoms with Gasteiger partial charge < -0.3 is 0 Å². The Kier molecular flexibility index (Phi) is 7.70. The summed E-state index contributed by atoms with van der Waals surface area (Å²) in [6.45, 7) is 6.22. The molecule has 18 heavy (non-hydrogen) atoms. The second-order valence-electron chi connectivity index (χ2n) is 4.85. The molecule has 0 radical (unpaired) electrons. The quantitative estimate of drug-likeness (QED) is 0.567. The molecule has 3 heteroatoms. The molecule has 0 bridgehead atoms. The average Bonchev–Trinajstić information content (AvgIpc) is 2.33. The molecule has 1 heterocycles. The zero-order chi connectivity index (χ0) is 13.4. The van der Waals surface area contributed by atoms with Gasteiger partial charge in [0.2, 0.25) is 0 Å². The SMILES string of the molecule is CCCCCCCC[Te]c1nc(C)cc(C)c1O. The van der Waals surface area contributed by atoms with Crippen molar-refractivity contribution in [1.29, 1.82) is 0 Å². The van der Waals surface area contributed by atoms with Crippen LogP contribution in [-0.4, -0.2) is 31.0 Å². The molecule has 0 aliphatic carbocycles. The van der Waals surface area contributed by atoms with E-state index in [0.717, 1.165) is 15.0 Å². The van der Waals surface area contributed by atoms with E-state index in [1.807, 2.05) is 19.9 Å². The molecular formula is C15H25NOTe. The molecule has 1 rings (SSSR count). The van der Waals surface area contributed by atoms with Gasteiger partial charge in [-0.15, -0.1) is 0 Å². The predicted octanol–water partition coefficient (Wildman–Crippen LogP) is 3.51. The summed E-state index contributed by atoms with van der Waals surface area (Å²) in [5.41, 5.74) is 2.01. The maximum atomic E-state index is 9.96. The van der Waals surface area contributed by atoms with Crippen LogP contribution in [-0.2, 0) is 0 Å². The van der Waals surface area contributed by atoms with Gasteiger partial charge in [0.05, 0.1) is 0 Å². The van der Waals surface area contributed by atoms with Gasteiger partial charge in [0.1, 0.15) is 0 Å². The first-order chi connectivity index (χ1) is 8.65. The zero-order valence-corrected chi connectivity index (χ0v) is 14.2. The summed E-state index contributed by atoms with van der Waals surface area (Å²) in [7, 11) is 0. The number of hydrogen-bond acceptors (Lipinski definition) is 2. The summed E-state index contributed by atoms with van der Waals surface area (Å²) in [6, 6.07) is 1.95. The molecule has 0 atom stereocenters. The fraction of sp³-hybridized carbons (Fsp3) is 0.667. The summed E-state index contributed by atoms with van der Waals surface area (Å²) < 4.78 is 2.27. The van der Waals surface area contributed by atoms with Crippen molar-refractivity contribution < 1.29 is 5.11 Å². The van der Waals surface area contributed by atoms with Gasteiger partial charge >= 0.3 is 122 Å². The molecule has 102 valence electrons. The first kappa shape index (κ1) is 15.8. The van der Waals surface area contributed by atoms with Crippen molar-refractivity contribution in [3.05, 3.63) is 17.3 Å². The first-order valence-corrected chi connectivity index (χ1v) is 9.76. The van der Waals surface area contributed by atoms with Crippen molar-refractivity contribution in [2.45, 2.75) is 63.8 Å². The fourth-order valence-electron chi connectivity index (χ4n) is 1.95. The third-order valence-electron chi connectivity index (χ3n) is 3.02. The number of unbranched alkanes of at least 4 members (excludes halogenated alkanes) is 5. The number of aromatic hydroxyl groups is 1. The normalized spacial score (nSPS) is 10.8. The molecule has 0 saturated heterocycles. The van der Waals surface area contributed by atoms with Gasteiger partial charge in [-0.05, 0) is 0 Å². The van der Waals surface area contributed by atoms with Crippen LogP contribution in [0.4, 0.5) is 0 Å². The Morgan fingerprint density at radius 3 is 2.50 bits per heavy atom. The average molecular weight is 363 g/mol. The topological polar surface area (TPSA) is 33.1 Å². The van der Waals surface area contributed by atoms with Crippen LogP contribution in [0, 0.1) is 13.8 Å². The summed E-state index contributed by atoms with van der Waals surface area (Å²) in [5.74, 6) is 0.453. The van der Waals surface area contributed by atoms with Crippen LogP contribution >= 0.6 is 0 Å². The monoisotopic (exact) mass is 365 g/mol. The van der Waals surface area contributed by atoms with Gasteiger partial charge in [0.15, 0.2) is 0 Å². The van der Waals surface area contributed by atoms with Crippen LogP contribution in [0.5, 0.6) is 5.75 Å². The standard InChI is InChI=1S/C15H25NOTe/c1-4-5-6-7-8-9-10-18-15-14(17)12(2)11-13(3)16-15/h11,17H,4-10H2,1-3H3. The number of hydrogen-bond donors (Lipinski definition) is 1. The number of nitrogens with zero attached hydrogens (tertiary/aromatic N) is 1. The van der Waals surface area contributed by atoms with Crippen molar-refractivity contribution in [2.75, 3.05) is 0 Å². The van der Waals surface area contributed by atoms with Crippen molar-refractivity contribution in [1.82, 2.24) is 4.98 Å². The van der Waals surface area contributed by atoms with E-state index in [4.69, 9.17) is 0 Å². The van der Waals surface area contributed by atoms with E-state index >= 15 is 0 Å². The second kappa shape index (κ2) is 8.77. The summed E-state index contributed by atoms with van der Waals surface area (Å²) in [4.78, 5) is 4.49. The van der Waals surface area contributed by atoms with Gasteiger partial charge in [-0.2, -0.15) is 0 Å². The Balaban J connectivity index is 2.27. The minimum atomic E-state index is -0.301. The van der Waals surface area contributed by atoms with Gasteiger partial charge in [-0.3, -0.25) is 0 Å². The van der Waals surface area contributed by atoms with Crippen molar-refractivity contribution >= 4 is 24.7 Å². The first-order valence-electron chi connectivity index (χ1n) is 6.95. The van der Waals surface area contributed by atoms with E-state index in [1.165, 1.54) is 43.0 Å². The van der Waals surface area contributed by atoms with E-state index < -0.39 is 0 Å². The molecule has 1 N–H and O–H groups in total. The van der Waals surface area contributed by atoms with Crippen LogP contribution in [0.15, 0.2) is 6.07 Å². The molecule has 2 nitrogen and oxygen atoms in total. The maximum absolute atomic E-state index is 9.96. The molecule has 0 aliphatic heterocycles. The van der Waals surface area contributed by atoms with E-state index in [-0.39, 0.29) is 20.9 Å². The summed E-state index contributed by atoms with van der Waals surface area (Å²) in [6.07, 6.45) is 8.08. The molecule has 0 spiro atoms. The molecule has 0 aromatic carbocycles. The fourth-order valence-corrected chi connectivity index (χ4v) is 4.94. The van der Waals surface area contributed by atoms with E-state index in [9.17, 15) is 5.11 Å². The Hall–Kier alpha value is -0.260. The van der Waals surface area contributed by atoms with Crippen LogP contribution < -0.4 is 3.74 Å². The number of aromatic nitrogens is 1. The molecule has 1 aromatic rings. The molecule has 0 fully saturated rings. The van der Waals surface area contributed by atoms with Crippen molar-refractivity contribution in [2.24, 2.45) is 0 Å². The van der Waals surface area contributed by atoms with Crippen molar-refractivity contribution in [3.8, 4) is 5.75 Å². The summed E-state index contributed by atoms with van der Waals surface area (Å²) >= 11 is -0.301. The van der Waals surface area contributed by atoms with Crippen LogP contribution in [0.2, 0.25) is 4.47 Å². The van der Waals surface area contributed by atoms with Gasteiger partial charge in [0, 0.05) is 0 Å². The van der Waals surface area contributed by atoms with E-state index in [2.05, 4.69) is 11.9 Å². The Bertz CT molecular complexity index is 366. The Morgan fingerprint density at radius 1 is 1.11 bits per heavy atom. The van der Waals surface area contributed by atoms with E-state index in [0.29, 0.717) is 5.75 Å². The van der Waals surface area contributed by atoms with Gasteiger partial charge in [-0.25, -0.2) is 0 Å².